The summed E-state index contributed by atoms with van der Waals surface area (Å²) in [5.41, 5.74) is 0.958. The minimum absolute atomic E-state index is 0.139. The third kappa shape index (κ3) is 2.15. The number of carbonyl (C=O) groups is 1. The third-order valence-corrected chi connectivity index (χ3v) is 2.78. The molecule has 0 bridgehead atoms. The minimum Gasteiger partial charge on any atom is -0.360 e. The number of aromatic amines is 1. The van der Waals surface area contributed by atoms with E-state index in [-0.39, 0.29) is 16.8 Å². The molecular formula is C13H10ClNO2. The number of H-pyrrole nitrogens is 1. The topological polar surface area (TPSA) is 49.9 Å². The molecule has 0 saturated heterocycles. The van der Waals surface area contributed by atoms with E-state index in [1.165, 1.54) is 19.2 Å². The SMILES string of the molecule is CC(=O)c1c(-c2ccccc2Cl)[nH]ccc1=O. The number of nitrogens with one attached hydrogen (secondary N) is 1. The second-order valence-electron chi connectivity index (χ2n) is 3.63. The highest BCUT2D eigenvalue weighted by Crippen LogP contribution is 2.27. The number of hydrogen-bond acceptors (Lipinski definition) is 2. The molecule has 3 nitrogen and oxygen atoms in total. The van der Waals surface area contributed by atoms with Gasteiger partial charge in [-0.2, -0.15) is 0 Å². The van der Waals surface area contributed by atoms with Crippen molar-refractivity contribution in [3.63, 3.8) is 0 Å². The summed E-state index contributed by atoms with van der Waals surface area (Å²) in [7, 11) is 0. The average Bonchev–Trinajstić information content (AvgIpc) is 2.28. The number of ketones is 1. The molecular weight excluding hydrogens is 238 g/mol. The fourth-order valence-electron chi connectivity index (χ4n) is 1.71. The Morgan fingerprint density at radius 3 is 2.59 bits per heavy atom. The Bertz CT molecular complexity index is 631. The van der Waals surface area contributed by atoms with Gasteiger partial charge >= 0.3 is 0 Å². The predicted octanol–water partition coefficient (Wildman–Crippen LogP) is 2.90. The van der Waals surface area contributed by atoms with Crippen LogP contribution in [0.4, 0.5) is 0 Å². The van der Waals surface area contributed by atoms with Crippen molar-refractivity contribution in [1.82, 2.24) is 4.98 Å². The Morgan fingerprint density at radius 1 is 1.24 bits per heavy atom. The van der Waals surface area contributed by atoms with Gasteiger partial charge in [0.15, 0.2) is 11.2 Å². The zero-order chi connectivity index (χ0) is 12.4. The molecule has 0 aliphatic heterocycles. The molecule has 0 unspecified atom stereocenters. The Morgan fingerprint density at radius 2 is 1.94 bits per heavy atom. The van der Waals surface area contributed by atoms with Crippen LogP contribution in [0.1, 0.15) is 17.3 Å². The van der Waals surface area contributed by atoms with Crippen LogP contribution in [0.3, 0.4) is 0 Å². The monoisotopic (exact) mass is 247 g/mol. The van der Waals surface area contributed by atoms with Crippen molar-refractivity contribution in [1.29, 1.82) is 0 Å². The first-order valence-electron chi connectivity index (χ1n) is 5.09. The van der Waals surface area contributed by atoms with Crippen molar-refractivity contribution in [3.05, 3.63) is 57.3 Å². The first-order valence-corrected chi connectivity index (χ1v) is 5.46. The molecule has 1 heterocycles. The highest BCUT2D eigenvalue weighted by atomic mass is 35.5. The van der Waals surface area contributed by atoms with Crippen molar-refractivity contribution in [2.24, 2.45) is 0 Å². The molecule has 4 heteroatoms. The van der Waals surface area contributed by atoms with E-state index in [0.717, 1.165) is 0 Å². The van der Waals surface area contributed by atoms with Crippen LogP contribution in [0.5, 0.6) is 0 Å². The number of halogens is 1. The second kappa shape index (κ2) is 4.55. The number of pyridine rings is 1. The van der Waals surface area contributed by atoms with Crippen LogP contribution in [0.15, 0.2) is 41.3 Å². The van der Waals surface area contributed by atoms with Crippen molar-refractivity contribution in [2.45, 2.75) is 6.92 Å². The molecule has 0 aliphatic carbocycles. The summed E-state index contributed by atoms with van der Waals surface area (Å²) in [5, 5.41) is 0.497. The summed E-state index contributed by atoms with van der Waals surface area (Å²) in [6.07, 6.45) is 1.51. The van der Waals surface area contributed by atoms with Crippen molar-refractivity contribution >= 4 is 17.4 Å². The fraction of sp³-hybridized carbons (Fsp3) is 0.0769. The van der Waals surface area contributed by atoms with E-state index in [2.05, 4.69) is 4.98 Å². The van der Waals surface area contributed by atoms with E-state index in [9.17, 15) is 9.59 Å². The molecule has 0 fully saturated rings. The Labute approximate surface area is 103 Å². The maximum absolute atomic E-state index is 11.7. The number of hydrogen-bond donors (Lipinski definition) is 1. The van der Waals surface area contributed by atoms with Gasteiger partial charge in [0.05, 0.1) is 11.3 Å². The zero-order valence-electron chi connectivity index (χ0n) is 9.16. The van der Waals surface area contributed by atoms with Gasteiger partial charge in [0.25, 0.3) is 0 Å². The fourth-order valence-corrected chi connectivity index (χ4v) is 1.94. The molecule has 0 saturated carbocycles. The van der Waals surface area contributed by atoms with Gasteiger partial charge in [-0.25, -0.2) is 0 Å². The van der Waals surface area contributed by atoms with Gasteiger partial charge in [-0.15, -0.1) is 0 Å². The molecule has 0 atom stereocenters. The van der Waals surface area contributed by atoms with Crippen LogP contribution >= 0.6 is 11.6 Å². The van der Waals surface area contributed by atoms with Crippen molar-refractivity contribution < 1.29 is 4.79 Å². The third-order valence-electron chi connectivity index (χ3n) is 2.45. The largest absolute Gasteiger partial charge is 0.360 e. The van der Waals surface area contributed by atoms with Crippen LogP contribution in [-0.2, 0) is 0 Å². The standard InChI is InChI=1S/C13H10ClNO2/c1-8(16)12-11(17)6-7-15-13(12)9-4-2-3-5-10(9)14/h2-7H,1H3,(H,15,17). The van der Waals surface area contributed by atoms with Crippen LogP contribution in [0.2, 0.25) is 5.02 Å². The first kappa shape index (κ1) is 11.6. The molecule has 1 N–H and O–H groups in total. The van der Waals surface area contributed by atoms with Crippen molar-refractivity contribution in [2.75, 3.05) is 0 Å². The van der Waals surface area contributed by atoms with Crippen LogP contribution in [-0.4, -0.2) is 10.8 Å². The number of Topliss-reactive ketones (excluding diaryl/α,β-unsaturated/α-hetero) is 1. The van der Waals surface area contributed by atoms with Gasteiger partial charge < -0.3 is 4.98 Å². The molecule has 1 aromatic carbocycles. The number of carbonyl (C=O) groups excluding carboxylic acids is 1. The van der Waals surface area contributed by atoms with E-state index < -0.39 is 0 Å². The van der Waals surface area contributed by atoms with Gasteiger partial charge in [-0.3, -0.25) is 9.59 Å². The van der Waals surface area contributed by atoms with Crippen LogP contribution in [0.25, 0.3) is 11.3 Å². The Hall–Kier alpha value is -1.87. The highest BCUT2D eigenvalue weighted by Gasteiger charge is 2.14. The molecule has 2 aromatic rings. The quantitative estimate of drug-likeness (QED) is 0.830. The van der Waals surface area contributed by atoms with E-state index in [4.69, 9.17) is 11.6 Å². The minimum atomic E-state index is -0.300. The molecule has 1 aromatic heterocycles. The molecule has 0 spiro atoms. The number of benzene rings is 1. The molecule has 17 heavy (non-hydrogen) atoms. The summed E-state index contributed by atoms with van der Waals surface area (Å²) in [6.45, 7) is 1.37. The summed E-state index contributed by atoms with van der Waals surface area (Å²) in [6, 6.07) is 8.40. The van der Waals surface area contributed by atoms with E-state index in [1.807, 2.05) is 0 Å². The highest BCUT2D eigenvalue weighted by molar-refractivity contribution is 6.33. The molecule has 2 rings (SSSR count). The maximum atomic E-state index is 11.7. The van der Waals surface area contributed by atoms with Crippen LogP contribution in [0, 0.1) is 0 Å². The van der Waals surface area contributed by atoms with E-state index >= 15 is 0 Å². The van der Waals surface area contributed by atoms with Gasteiger partial charge in [-0.1, -0.05) is 29.8 Å². The second-order valence-corrected chi connectivity index (χ2v) is 4.04. The van der Waals surface area contributed by atoms with Gasteiger partial charge in [-0.05, 0) is 13.0 Å². The zero-order valence-corrected chi connectivity index (χ0v) is 9.91. The summed E-state index contributed by atoms with van der Waals surface area (Å²) in [5.74, 6) is -0.276. The Balaban J connectivity index is 2.77. The number of rotatable bonds is 2. The van der Waals surface area contributed by atoms with Crippen molar-refractivity contribution in [3.8, 4) is 11.3 Å². The smallest absolute Gasteiger partial charge is 0.192 e. The normalized spacial score (nSPS) is 10.2. The average molecular weight is 248 g/mol. The van der Waals surface area contributed by atoms with Gasteiger partial charge in [0, 0.05) is 22.8 Å². The molecule has 0 radical (unpaired) electrons. The summed E-state index contributed by atoms with van der Waals surface area (Å²) in [4.78, 5) is 26.1. The molecule has 0 aliphatic rings. The molecule has 0 amide bonds. The lowest BCUT2D eigenvalue weighted by molar-refractivity contribution is 0.101. The Kier molecular flexibility index (Phi) is 3.11. The summed E-state index contributed by atoms with van der Waals surface area (Å²) >= 11 is 6.05. The lowest BCUT2D eigenvalue weighted by Crippen LogP contribution is -2.14. The lowest BCUT2D eigenvalue weighted by atomic mass is 10.0. The predicted molar refractivity (Wildman–Crippen MR) is 67.5 cm³/mol. The van der Waals surface area contributed by atoms with Gasteiger partial charge in [0.1, 0.15) is 0 Å². The lowest BCUT2D eigenvalue weighted by Gasteiger charge is -2.07. The maximum Gasteiger partial charge on any atom is 0.192 e. The van der Waals surface area contributed by atoms with E-state index in [0.29, 0.717) is 16.3 Å². The molecule has 86 valence electrons. The van der Waals surface area contributed by atoms with Crippen LogP contribution < -0.4 is 5.43 Å². The number of aromatic nitrogens is 1. The summed E-state index contributed by atoms with van der Waals surface area (Å²) < 4.78 is 0. The van der Waals surface area contributed by atoms with Gasteiger partial charge in [0.2, 0.25) is 0 Å². The first-order chi connectivity index (χ1) is 8.11. The van der Waals surface area contributed by atoms with E-state index in [1.54, 1.807) is 24.3 Å².